The number of hydrogen-bond donors (Lipinski definition) is 1. The van der Waals surface area contributed by atoms with E-state index in [1.807, 2.05) is 53.3 Å². The molecule has 2 aromatic rings. The molecule has 0 radical (unpaired) electrons. The second kappa shape index (κ2) is 6.39. The molecule has 3 heterocycles. The number of carbonyl (C=O) groups excluding carboxylic acids is 2. The van der Waals surface area contributed by atoms with E-state index in [1.165, 1.54) is 0 Å². The molecular formula is C20H23N3O2. The topological polar surface area (TPSA) is 56.4 Å². The van der Waals surface area contributed by atoms with Crippen molar-refractivity contribution in [1.82, 2.24) is 9.88 Å². The molecule has 25 heavy (non-hydrogen) atoms. The van der Waals surface area contributed by atoms with Crippen molar-refractivity contribution in [3.8, 4) is 0 Å². The lowest BCUT2D eigenvalue weighted by atomic mass is 10.1. The molecule has 0 aliphatic carbocycles. The van der Waals surface area contributed by atoms with Crippen LogP contribution >= 0.6 is 0 Å². The molecule has 0 saturated carbocycles. The number of aromatic nitrogens is 1. The maximum absolute atomic E-state index is 13.1. The molecule has 1 N–H and O–H groups in total. The Hall–Kier alpha value is -2.56. The third kappa shape index (κ3) is 2.73. The summed E-state index contributed by atoms with van der Waals surface area (Å²) in [5, 5.41) is 0. The number of likely N-dealkylation sites (tertiary alicyclic amines) is 1. The van der Waals surface area contributed by atoms with Crippen molar-refractivity contribution in [3.05, 3.63) is 53.3 Å². The number of nitrogens with zero attached hydrogens (tertiary/aromatic N) is 2. The highest BCUT2D eigenvalue weighted by Crippen LogP contribution is 2.34. The van der Waals surface area contributed by atoms with Gasteiger partial charge in [-0.25, -0.2) is 0 Å². The van der Waals surface area contributed by atoms with E-state index in [0.717, 1.165) is 48.3 Å². The van der Waals surface area contributed by atoms with Crippen LogP contribution < -0.4 is 4.90 Å². The van der Waals surface area contributed by atoms with Gasteiger partial charge in [0.1, 0.15) is 0 Å². The second-order valence-corrected chi connectivity index (χ2v) is 6.77. The number of amides is 2. The number of carbonyl (C=O) groups is 2. The van der Waals surface area contributed by atoms with Crippen molar-refractivity contribution in [2.24, 2.45) is 0 Å². The van der Waals surface area contributed by atoms with Crippen LogP contribution in [0.1, 0.15) is 53.8 Å². The molecule has 2 aliphatic rings. The minimum atomic E-state index is 0.0835. The average Bonchev–Trinajstić information content (AvgIpc) is 3.39. The monoisotopic (exact) mass is 337 g/mol. The van der Waals surface area contributed by atoms with Crippen molar-refractivity contribution >= 4 is 17.5 Å². The summed E-state index contributed by atoms with van der Waals surface area (Å²) in [6.07, 6.45) is 5.26. The number of H-pyrrole nitrogens is 1. The highest BCUT2D eigenvalue weighted by molar-refractivity contribution is 5.98. The number of fused-ring (bicyclic) bond motifs is 1. The minimum Gasteiger partial charge on any atom is -0.363 e. The molecule has 4 rings (SSSR count). The van der Waals surface area contributed by atoms with E-state index in [4.69, 9.17) is 0 Å². The Morgan fingerprint density at radius 3 is 2.88 bits per heavy atom. The Bertz CT molecular complexity index is 797. The molecule has 5 nitrogen and oxygen atoms in total. The van der Waals surface area contributed by atoms with Crippen molar-refractivity contribution in [2.45, 2.75) is 38.6 Å². The fourth-order valence-corrected chi connectivity index (χ4v) is 4.04. The molecule has 1 unspecified atom stereocenters. The molecule has 0 bridgehead atoms. The second-order valence-electron chi connectivity index (χ2n) is 6.77. The predicted molar refractivity (Wildman–Crippen MR) is 96.6 cm³/mol. The third-order valence-corrected chi connectivity index (χ3v) is 5.32. The first-order valence-corrected chi connectivity index (χ1v) is 9.06. The zero-order valence-corrected chi connectivity index (χ0v) is 14.5. The smallest absolute Gasteiger partial charge is 0.254 e. The molecule has 130 valence electrons. The maximum Gasteiger partial charge on any atom is 0.254 e. The van der Waals surface area contributed by atoms with Crippen molar-refractivity contribution in [3.63, 3.8) is 0 Å². The number of anilines is 1. The number of nitrogens with one attached hydrogen (secondary N) is 1. The number of rotatable bonds is 3. The quantitative estimate of drug-likeness (QED) is 0.934. The molecule has 1 fully saturated rings. The van der Waals surface area contributed by atoms with Gasteiger partial charge >= 0.3 is 0 Å². The number of aromatic amines is 1. The van der Waals surface area contributed by atoms with Gasteiger partial charge in [-0.2, -0.15) is 0 Å². The van der Waals surface area contributed by atoms with Gasteiger partial charge in [-0.15, -0.1) is 0 Å². The van der Waals surface area contributed by atoms with E-state index < -0.39 is 0 Å². The maximum atomic E-state index is 13.1. The molecule has 2 amide bonds. The molecule has 5 heteroatoms. The molecule has 1 saturated heterocycles. The fourth-order valence-electron chi connectivity index (χ4n) is 4.04. The van der Waals surface area contributed by atoms with Crippen molar-refractivity contribution < 1.29 is 9.59 Å². The summed E-state index contributed by atoms with van der Waals surface area (Å²) in [6.45, 7) is 3.39. The summed E-state index contributed by atoms with van der Waals surface area (Å²) in [7, 11) is 0. The van der Waals surface area contributed by atoms with Gasteiger partial charge in [0.05, 0.1) is 6.04 Å². The summed E-state index contributed by atoms with van der Waals surface area (Å²) in [6, 6.07) is 9.94. The third-order valence-electron chi connectivity index (χ3n) is 5.32. The lowest BCUT2D eigenvalue weighted by molar-refractivity contribution is -0.118. The van der Waals surface area contributed by atoms with Crippen LogP contribution in [0.3, 0.4) is 0 Å². The molecule has 1 aromatic carbocycles. The van der Waals surface area contributed by atoms with Crippen molar-refractivity contribution in [2.75, 3.05) is 18.0 Å². The average molecular weight is 337 g/mol. The summed E-state index contributed by atoms with van der Waals surface area (Å²) in [5.74, 6) is 0.226. The highest BCUT2D eigenvalue weighted by Gasteiger charge is 2.32. The van der Waals surface area contributed by atoms with Crippen LogP contribution in [0.25, 0.3) is 0 Å². The van der Waals surface area contributed by atoms with Gasteiger partial charge < -0.3 is 14.8 Å². The first kappa shape index (κ1) is 15.9. The minimum absolute atomic E-state index is 0.0835. The van der Waals surface area contributed by atoms with Crippen LogP contribution in [0.15, 0.2) is 36.5 Å². The number of hydrogen-bond acceptors (Lipinski definition) is 2. The highest BCUT2D eigenvalue weighted by atomic mass is 16.2. The van der Waals surface area contributed by atoms with Gasteiger partial charge in [-0.3, -0.25) is 9.59 Å². The van der Waals surface area contributed by atoms with Crippen LogP contribution in [-0.2, 0) is 11.2 Å². The first-order valence-electron chi connectivity index (χ1n) is 9.06. The first-order chi connectivity index (χ1) is 12.2. The molecular weight excluding hydrogens is 314 g/mol. The Morgan fingerprint density at radius 2 is 2.12 bits per heavy atom. The van der Waals surface area contributed by atoms with Gasteiger partial charge in [0.15, 0.2) is 0 Å². The van der Waals surface area contributed by atoms with Crippen molar-refractivity contribution in [1.29, 1.82) is 0 Å². The zero-order chi connectivity index (χ0) is 17.4. The van der Waals surface area contributed by atoms with Gasteiger partial charge in [0.2, 0.25) is 5.91 Å². The Kier molecular flexibility index (Phi) is 4.07. The predicted octanol–water partition coefficient (Wildman–Crippen LogP) is 3.29. The molecule has 1 atom stereocenters. The zero-order valence-electron chi connectivity index (χ0n) is 14.5. The molecule has 2 aliphatic heterocycles. The van der Waals surface area contributed by atoms with E-state index >= 15 is 0 Å². The SMILES string of the molecule is CCC(=O)N1CCc2cc(C(=O)N3CCCC3c3ccc[nH]3)ccc21. The van der Waals surface area contributed by atoms with Gasteiger partial charge in [0, 0.05) is 42.7 Å². The summed E-state index contributed by atoms with van der Waals surface area (Å²) < 4.78 is 0. The Labute approximate surface area is 147 Å². The normalized spacial score (nSPS) is 19.3. The lowest BCUT2D eigenvalue weighted by Gasteiger charge is -2.24. The van der Waals surface area contributed by atoms with Gasteiger partial charge in [-0.1, -0.05) is 6.92 Å². The van der Waals surface area contributed by atoms with Crippen LogP contribution in [0, 0.1) is 0 Å². The Balaban J connectivity index is 1.58. The van der Waals surface area contributed by atoms with E-state index in [1.54, 1.807) is 0 Å². The Morgan fingerprint density at radius 1 is 1.24 bits per heavy atom. The van der Waals surface area contributed by atoms with E-state index in [9.17, 15) is 9.59 Å². The summed E-state index contributed by atoms with van der Waals surface area (Å²) >= 11 is 0. The van der Waals surface area contributed by atoms with E-state index in [2.05, 4.69) is 4.98 Å². The van der Waals surface area contributed by atoms with E-state index in [-0.39, 0.29) is 17.9 Å². The van der Waals surface area contributed by atoms with Gasteiger partial charge in [-0.05, 0) is 55.2 Å². The number of benzene rings is 1. The standard InChI is InChI=1S/C20H23N3O2/c1-2-19(24)22-12-9-14-13-15(7-8-17(14)22)20(25)23-11-4-6-18(23)16-5-3-10-21-16/h3,5,7-8,10,13,18,21H,2,4,6,9,11-12H2,1H3. The van der Waals surface area contributed by atoms with Crippen LogP contribution in [-0.4, -0.2) is 34.8 Å². The fraction of sp³-hybridized carbons (Fsp3) is 0.400. The van der Waals surface area contributed by atoms with E-state index in [0.29, 0.717) is 13.0 Å². The largest absolute Gasteiger partial charge is 0.363 e. The van der Waals surface area contributed by atoms with Crippen LogP contribution in [0.5, 0.6) is 0 Å². The summed E-state index contributed by atoms with van der Waals surface area (Å²) in [4.78, 5) is 32.1. The summed E-state index contributed by atoms with van der Waals surface area (Å²) in [5.41, 5.74) is 3.89. The molecule has 0 spiro atoms. The lowest BCUT2D eigenvalue weighted by Crippen LogP contribution is -2.31. The van der Waals surface area contributed by atoms with Gasteiger partial charge in [0.25, 0.3) is 5.91 Å². The molecule has 1 aromatic heterocycles. The van der Waals surface area contributed by atoms with Crippen LogP contribution in [0.4, 0.5) is 5.69 Å². The van der Waals surface area contributed by atoms with Crippen LogP contribution in [0.2, 0.25) is 0 Å².